The summed E-state index contributed by atoms with van der Waals surface area (Å²) in [5.74, 6) is 0.945. The molecule has 2 aromatic heterocycles. The molecule has 120 valence electrons. The Morgan fingerprint density at radius 2 is 1.76 bits per heavy atom. The molecule has 0 spiro atoms. The van der Waals surface area contributed by atoms with Crippen LogP contribution in [0, 0.1) is 0 Å². The average molecular weight is 388 g/mol. The Balaban J connectivity index is 1.96. The van der Waals surface area contributed by atoms with Gasteiger partial charge in [-0.2, -0.15) is 0 Å². The number of hydrogen-bond donors (Lipinski definition) is 0. The van der Waals surface area contributed by atoms with Gasteiger partial charge in [0.25, 0.3) is 0 Å². The molecule has 5 rings (SSSR count). The number of fused-ring (bicyclic) bond motifs is 5. The van der Waals surface area contributed by atoms with E-state index < -0.39 is 0 Å². The van der Waals surface area contributed by atoms with E-state index >= 15 is 0 Å². The van der Waals surface area contributed by atoms with Crippen LogP contribution < -0.4 is 0 Å². The third kappa shape index (κ3) is 2.33. The Morgan fingerprint density at radius 1 is 0.920 bits per heavy atom. The third-order valence-corrected chi connectivity index (χ3v) is 4.99. The molecule has 0 fully saturated rings. The number of hydrogen-bond acceptors (Lipinski definition) is 2. The number of pyridine rings is 1. The van der Waals surface area contributed by atoms with E-state index in [0.29, 0.717) is 0 Å². The predicted molar refractivity (Wildman–Crippen MR) is 107 cm³/mol. The van der Waals surface area contributed by atoms with Crippen molar-refractivity contribution in [3.05, 3.63) is 71.0 Å². The Morgan fingerprint density at radius 3 is 2.64 bits per heavy atom. The Bertz CT molecular complexity index is 1170. The van der Waals surface area contributed by atoms with Gasteiger partial charge >= 0.3 is 0 Å². The van der Waals surface area contributed by atoms with Gasteiger partial charge in [-0.1, -0.05) is 58.4 Å². The first-order valence-electron chi connectivity index (χ1n) is 8.21. The smallest absolute Gasteiger partial charge is 0.137 e. The summed E-state index contributed by atoms with van der Waals surface area (Å²) < 4.78 is 3.21. The van der Waals surface area contributed by atoms with Gasteiger partial charge in [-0.15, -0.1) is 0 Å². The molecule has 0 unspecified atom stereocenters. The Kier molecular flexibility index (Phi) is 3.31. The van der Waals surface area contributed by atoms with Crippen molar-refractivity contribution in [1.82, 2.24) is 14.5 Å². The summed E-state index contributed by atoms with van der Waals surface area (Å²) in [6.45, 7) is 0. The molecule has 1 aliphatic heterocycles. The lowest BCUT2D eigenvalue weighted by Crippen LogP contribution is -1.94. The van der Waals surface area contributed by atoms with Gasteiger partial charge in [0.1, 0.15) is 11.3 Å². The lowest BCUT2D eigenvalue weighted by Gasteiger charge is -2.08. The molecule has 2 aromatic carbocycles. The second-order valence-electron chi connectivity index (χ2n) is 6.04. The zero-order chi connectivity index (χ0) is 16.8. The molecule has 0 atom stereocenters. The second-order valence-corrected chi connectivity index (χ2v) is 6.96. The zero-order valence-electron chi connectivity index (χ0n) is 13.4. The van der Waals surface area contributed by atoms with Gasteiger partial charge in [0.15, 0.2) is 0 Å². The standard InChI is InChI=1S/C21H14BrN3/c22-15-11-9-14(10-12-15)19-21-20(16-6-3-4-7-17(16)23-19)24-18-8-2-1-5-13-25(18)21/h2-13H,1H2. The van der Waals surface area contributed by atoms with E-state index in [9.17, 15) is 0 Å². The normalized spacial score (nSPS) is 13.3. The van der Waals surface area contributed by atoms with Gasteiger partial charge in [0, 0.05) is 21.6 Å². The summed E-state index contributed by atoms with van der Waals surface area (Å²) in [4.78, 5) is 9.90. The minimum Gasteiger partial charge on any atom is -0.298 e. The number of benzene rings is 2. The van der Waals surface area contributed by atoms with Crippen molar-refractivity contribution in [2.24, 2.45) is 0 Å². The molecule has 0 aliphatic carbocycles. The van der Waals surface area contributed by atoms with Crippen LogP contribution in [0.3, 0.4) is 0 Å². The van der Waals surface area contributed by atoms with Gasteiger partial charge in [0.2, 0.25) is 0 Å². The maximum absolute atomic E-state index is 4.98. The minimum atomic E-state index is 0.916. The highest BCUT2D eigenvalue weighted by atomic mass is 79.9. The maximum Gasteiger partial charge on any atom is 0.137 e. The maximum atomic E-state index is 4.98. The first kappa shape index (κ1) is 14.6. The Labute approximate surface area is 153 Å². The molecule has 4 heteroatoms. The van der Waals surface area contributed by atoms with Crippen LogP contribution in [0.1, 0.15) is 12.2 Å². The molecule has 1 aliphatic rings. The first-order chi connectivity index (χ1) is 12.3. The van der Waals surface area contributed by atoms with E-state index in [0.717, 1.165) is 49.9 Å². The molecule has 25 heavy (non-hydrogen) atoms. The predicted octanol–water partition coefficient (Wildman–Crippen LogP) is 5.90. The molecule has 0 saturated carbocycles. The molecular weight excluding hydrogens is 374 g/mol. The van der Waals surface area contributed by atoms with Crippen LogP contribution in [-0.2, 0) is 0 Å². The van der Waals surface area contributed by atoms with E-state index in [1.165, 1.54) is 0 Å². The van der Waals surface area contributed by atoms with Crippen molar-refractivity contribution in [2.75, 3.05) is 0 Å². The van der Waals surface area contributed by atoms with Crippen molar-refractivity contribution < 1.29 is 0 Å². The fourth-order valence-corrected chi connectivity index (χ4v) is 3.57. The summed E-state index contributed by atoms with van der Waals surface area (Å²) in [6, 6.07) is 16.5. The summed E-state index contributed by atoms with van der Waals surface area (Å²) in [7, 11) is 0. The molecule has 0 N–H and O–H groups in total. The minimum absolute atomic E-state index is 0.916. The quantitative estimate of drug-likeness (QED) is 0.406. The molecule has 0 amide bonds. The highest BCUT2D eigenvalue weighted by Gasteiger charge is 2.18. The van der Waals surface area contributed by atoms with Crippen LogP contribution in [0.2, 0.25) is 0 Å². The van der Waals surface area contributed by atoms with Crippen molar-refractivity contribution >= 4 is 50.1 Å². The molecular formula is C21H14BrN3. The summed E-state index contributed by atoms with van der Waals surface area (Å²) in [6.07, 6.45) is 9.38. The van der Waals surface area contributed by atoms with Crippen molar-refractivity contribution in [2.45, 2.75) is 6.42 Å². The number of imidazole rings is 1. The first-order valence-corrected chi connectivity index (χ1v) is 9.00. The number of para-hydroxylation sites is 1. The van der Waals surface area contributed by atoms with Gasteiger partial charge in [0.05, 0.1) is 16.7 Å². The fraction of sp³-hybridized carbons (Fsp3) is 0.0476. The fourth-order valence-electron chi connectivity index (χ4n) is 3.30. The third-order valence-electron chi connectivity index (χ3n) is 4.47. The van der Waals surface area contributed by atoms with Crippen LogP contribution >= 0.6 is 15.9 Å². The number of allylic oxidation sites excluding steroid dienone is 2. The van der Waals surface area contributed by atoms with Crippen LogP contribution in [0.25, 0.3) is 45.5 Å². The highest BCUT2D eigenvalue weighted by Crippen LogP contribution is 2.34. The van der Waals surface area contributed by atoms with Crippen LogP contribution in [0.15, 0.2) is 65.2 Å². The van der Waals surface area contributed by atoms with E-state index in [1.54, 1.807) is 0 Å². The number of nitrogens with zero attached hydrogens (tertiary/aromatic N) is 3. The molecule has 3 heterocycles. The van der Waals surface area contributed by atoms with Gasteiger partial charge in [-0.05, 0) is 30.7 Å². The lowest BCUT2D eigenvalue weighted by molar-refractivity contribution is 1.14. The summed E-state index contributed by atoms with van der Waals surface area (Å²) >= 11 is 3.51. The van der Waals surface area contributed by atoms with Crippen LogP contribution in [0.5, 0.6) is 0 Å². The van der Waals surface area contributed by atoms with Gasteiger partial charge < -0.3 is 0 Å². The van der Waals surface area contributed by atoms with Crippen molar-refractivity contribution in [3.8, 4) is 11.3 Å². The topological polar surface area (TPSA) is 30.7 Å². The largest absolute Gasteiger partial charge is 0.298 e. The monoisotopic (exact) mass is 387 g/mol. The number of rotatable bonds is 1. The van der Waals surface area contributed by atoms with Crippen molar-refractivity contribution in [3.63, 3.8) is 0 Å². The molecule has 0 saturated heterocycles. The molecule has 3 nitrogen and oxygen atoms in total. The summed E-state index contributed by atoms with van der Waals surface area (Å²) in [5, 5.41) is 1.08. The summed E-state index contributed by atoms with van der Waals surface area (Å²) in [5.41, 5.74) is 5.06. The lowest BCUT2D eigenvalue weighted by atomic mass is 10.1. The van der Waals surface area contributed by atoms with Crippen molar-refractivity contribution in [1.29, 1.82) is 0 Å². The second kappa shape index (κ2) is 5.67. The van der Waals surface area contributed by atoms with E-state index in [-0.39, 0.29) is 0 Å². The Hall–Kier alpha value is -2.72. The van der Waals surface area contributed by atoms with Crippen LogP contribution in [0.4, 0.5) is 0 Å². The van der Waals surface area contributed by atoms with Crippen LogP contribution in [-0.4, -0.2) is 14.5 Å². The average Bonchev–Trinajstić information content (AvgIpc) is 2.85. The van der Waals surface area contributed by atoms with E-state index in [4.69, 9.17) is 9.97 Å². The zero-order valence-corrected chi connectivity index (χ0v) is 14.9. The highest BCUT2D eigenvalue weighted by molar-refractivity contribution is 9.10. The SMILES string of the molecule is Brc1ccc(-c2nc3ccccc3c3nc4n(c23)C=CCC=C4)cc1. The van der Waals surface area contributed by atoms with E-state index in [2.05, 4.69) is 63.1 Å². The number of halogens is 1. The van der Waals surface area contributed by atoms with E-state index in [1.807, 2.05) is 30.3 Å². The van der Waals surface area contributed by atoms with Gasteiger partial charge in [-0.3, -0.25) is 4.57 Å². The number of aromatic nitrogens is 3. The molecule has 4 aromatic rings. The molecule has 0 bridgehead atoms. The molecule has 0 radical (unpaired) electrons. The van der Waals surface area contributed by atoms with Gasteiger partial charge in [-0.25, -0.2) is 9.97 Å².